The van der Waals surface area contributed by atoms with E-state index in [9.17, 15) is 4.79 Å². The molecule has 0 spiro atoms. The molecular formula is C19H16Cl2N2O. The van der Waals surface area contributed by atoms with Gasteiger partial charge in [-0.25, -0.2) is 0 Å². The molecule has 2 aliphatic rings. The highest BCUT2D eigenvalue weighted by molar-refractivity contribution is 6.35. The average molecular weight is 359 g/mol. The van der Waals surface area contributed by atoms with E-state index < -0.39 is 0 Å². The zero-order valence-corrected chi connectivity index (χ0v) is 14.5. The summed E-state index contributed by atoms with van der Waals surface area (Å²) in [7, 11) is 0. The maximum absolute atomic E-state index is 13.1. The monoisotopic (exact) mass is 358 g/mol. The molecule has 0 saturated heterocycles. The Labute approximate surface area is 150 Å². The largest absolute Gasteiger partial charge is 0.305 e. The van der Waals surface area contributed by atoms with Gasteiger partial charge in [0.05, 0.1) is 23.8 Å². The Bertz CT molecular complexity index is 847. The lowest BCUT2D eigenvalue weighted by molar-refractivity contribution is -0.120. The fraction of sp³-hybridized carbons (Fsp3) is 0.263. The molecule has 24 heavy (non-hydrogen) atoms. The van der Waals surface area contributed by atoms with Crippen molar-refractivity contribution in [2.24, 2.45) is 10.9 Å². The normalized spacial score (nSPS) is 19.6. The van der Waals surface area contributed by atoms with Crippen LogP contribution in [-0.2, 0) is 11.3 Å². The van der Waals surface area contributed by atoms with Crippen molar-refractivity contribution in [1.82, 2.24) is 0 Å². The van der Waals surface area contributed by atoms with E-state index in [0.717, 1.165) is 41.9 Å². The van der Waals surface area contributed by atoms with Gasteiger partial charge in [0.2, 0.25) is 5.91 Å². The predicted octanol–water partition coefficient (Wildman–Crippen LogP) is 5.41. The van der Waals surface area contributed by atoms with Crippen molar-refractivity contribution >= 4 is 46.2 Å². The summed E-state index contributed by atoms with van der Waals surface area (Å²) in [4.78, 5) is 19.7. The standard InChI is InChI=1S/C19H16Cl2N2O/c20-13-9-8-12(15(21)10-13)11-23-18-7-2-1-5-17(18)22-16-6-3-4-14(16)19(23)24/h1-2,5,7-10,14H,3-4,6,11H2. The summed E-state index contributed by atoms with van der Waals surface area (Å²) in [6.07, 6.45) is 2.80. The summed E-state index contributed by atoms with van der Waals surface area (Å²) >= 11 is 12.3. The van der Waals surface area contributed by atoms with Gasteiger partial charge in [-0.15, -0.1) is 0 Å². The zero-order chi connectivity index (χ0) is 16.7. The van der Waals surface area contributed by atoms with Gasteiger partial charge in [0.1, 0.15) is 0 Å². The number of hydrogen-bond donors (Lipinski definition) is 0. The first kappa shape index (κ1) is 15.7. The molecule has 2 aromatic carbocycles. The molecule has 3 nitrogen and oxygen atoms in total. The molecule has 0 radical (unpaired) electrons. The number of carbonyl (C=O) groups is 1. The van der Waals surface area contributed by atoms with Crippen LogP contribution < -0.4 is 4.90 Å². The van der Waals surface area contributed by atoms with E-state index in [0.29, 0.717) is 16.6 Å². The summed E-state index contributed by atoms with van der Waals surface area (Å²) in [6, 6.07) is 13.2. The maximum atomic E-state index is 13.1. The molecule has 0 aromatic heterocycles. The van der Waals surface area contributed by atoms with Crippen molar-refractivity contribution in [1.29, 1.82) is 0 Å². The van der Waals surface area contributed by atoms with E-state index in [4.69, 9.17) is 28.2 Å². The molecule has 1 aliphatic carbocycles. The van der Waals surface area contributed by atoms with Gasteiger partial charge in [-0.2, -0.15) is 0 Å². The van der Waals surface area contributed by atoms with Gasteiger partial charge in [0.25, 0.3) is 0 Å². The molecule has 1 unspecified atom stereocenters. The molecule has 2 aromatic rings. The molecular weight excluding hydrogens is 343 g/mol. The first-order valence-electron chi connectivity index (χ1n) is 8.05. The molecule has 0 N–H and O–H groups in total. The molecule has 1 heterocycles. The highest BCUT2D eigenvalue weighted by Gasteiger charge is 2.36. The Morgan fingerprint density at radius 3 is 2.83 bits per heavy atom. The van der Waals surface area contributed by atoms with Crippen LogP contribution >= 0.6 is 23.2 Å². The van der Waals surface area contributed by atoms with E-state index in [1.165, 1.54) is 0 Å². The fourth-order valence-corrected chi connectivity index (χ4v) is 3.93. The van der Waals surface area contributed by atoms with Crippen molar-refractivity contribution in [2.45, 2.75) is 25.8 Å². The van der Waals surface area contributed by atoms with Gasteiger partial charge in [-0.3, -0.25) is 9.79 Å². The van der Waals surface area contributed by atoms with E-state index in [1.807, 2.05) is 35.2 Å². The zero-order valence-electron chi connectivity index (χ0n) is 13.0. The number of halogens is 2. The second kappa shape index (κ2) is 6.23. The van der Waals surface area contributed by atoms with E-state index >= 15 is 0 Å². The van der Waals surface area contributed by atoms with Crippen LogP contribution in [0.4, 0.5) is 11.4 Å². The number of fused-ring (bicyclic) bond motifs is 2. The third-order valence-electron chi connectivity index (χ3n) is 4.67. The lowest BCUT2D eigenvalue weighted by atomic mass is 10.0. The Morgan fingerprint density at radius 2 is 2.00 bits per heavy atom. The van der Waals surface area contributed by atoms with Gasteiger partial charge >= 0.3 is 0 Å². The topological polar surface area (TPSA) is 32.7 Å². The number of benzene rings is 2. The summed E-state index contributed by atoms with van der Waals surface area (Å²) in [5, 5.41) is 1.16. The number of rotatable bonds is 2. The number of amides is 1. The van der Waals surface area contributed by atoms with Gasteiger partial charge in [0, 0.05) is 15.8 Å². The van der Waals surface area contributed by atoms with Crippen molar-refractivity contribution in [3.63, 3.8) is 0 Å². The number of nitrogens with zero attached hydrogens (tertiary/aromatic N) is 2. The van der Waals surface area contributed by atoms with Crippen LogP contribution in [0.1, 0.15) is 24.8 Å². The number of aliphatic imine (C=N–C) groups is 1. The van der Waals surface area contributed by atoms with Gasteiger partial charge in [-0.1, -0.05) is 41.4 Å². The summed E-state index contributed by atoms with van der Waals surface area (Å²) in [5.74, 6) is 0.00527. The average Bonchev–Trinajstić information content (AvgIpc) is 2.99. The molecule has 5 heteroatoms. The maximum Gasteiger partial charge on any atom is 0.236 e. The van der Waals surface area contributed by atoms with Crippen LogP contribution in [0.25, 0.3) is 0 Å². The number of para-hydroxylation sites is 2. The van der Waals surface area contributed by atoms with Crippen LogP contribution in [0.15, 0.2) is 47.5 Å². The molecule has 122 valence electrons. The second-order valence-corrected chi connectivity index (χ2v) is 7.04. The van der Waals surface area contributed by atoms with Gasteiger partial charge in [-0.05, 0) is 49.1 Å². The summed E-state index contributed by atoms with van der Waals surface area (Å²) in [5.41, 5.74) is 3.59. The summed E-state index contributed by atoms with van der Waals surface area (Å²) < 4.78 is 0. The molecule has 1 atom stereocenters. The Morgan fingerprint density at radius 1 is 1.17 bits per heavy atom. The van der Waals surface area contributed by atoms with E-state index in [2.05, 4.69) is 0 Å². The van der Waals surface area contributed by atoms with E-state index in [-0.39, 0.29) is 11.8 Å². The van der Waals surface area contributed by atoms with Crippen LogP contribution in [0.3, 0.4) is 0 Å². The Balaban J connectivity index is 1.78. The minimum absolute atomic E-state index is 0.108. The second-order valence-electron chi connectivity index (χ2n) is 6.20. The first-order chi connectivity index (χ1) is 11.6. The highest BCUT2D eigenvalue weighted by Crippen LogP contribution is 2.39. The fourth-order valence-electron chi connectivity index (χ4n) is 3.46. The lowest BCUT2D eigenvalue weighted by Gasteiger charge is -2.25. The molecule has 0 bridgehead atoms. The third-order valence-corrected chi connectivity index (χ3v) is 5.26. The Kier molecular flexibility index (Phi) is 4.07. The SMILES string of the molecule is O=C1C2CCCC2=Nc2ccccc2N1Cc1ccc(Cl)cc1Cl. The third kappa shape index (κ3) is 2.72. The Hall–Kier alpha value is -1.84. The van der Waals surface area contributed by atoms with Crippen LogP contribution in [0.5, 0.6) is 0 Å². The molecule has 1 fully saturated rings. The van der Waals surface area contributed by atoms with Gasteiger partial charge in [0.15, 0.2) is 0 Å². The highest BCUT2D eigenvalue weighted by atomic mass is 35.5. The lowest BCUT2D eigenvalue weighted by Crippen LogP contribution is -2.36. The first-order valence-corrected chi connectivity index (χ1v) is 8.81. The summed E-state index contributed by atoms with van der Waals surface area (Å²) in [6.45, 7) is 0.422. The quantitative estimate of drug-likeness (QED) is 0.705. The van der Waals surface area contributed by atoms with Crippen molar-refractivity contribution < 1.29 is 4.79 Å². The van der Waals surface area contributed by atoms with Crippen LogP contribution in [0.2, 0.25) is 10.0 Å². The molecule has 1 saturated carbocycles. The molecule has 4 rings (SSSR count). The van der Waals surface area contributed by atoms with Crippen LogP contribution in [0, 0.1) is 5.92 Å². The minimum Gasteiger partial charge on any atom is -0.305 e. The number of carbonyl (C=O) groups excluding carboxylic acids is 1. The van der Waals surface area contributed by atoms with Crippen molar-refractivity contribution in [2.75, 3.05) is 4.90 Å². The number of hydrogen-bond acceptors (Lipinski definition) is 2. The molecule has 1 aliphatic heterocycles. The van der Waals surface area contributed by atoms with Crippen LogP contribution in [-0.4, -0.2) is 11.6 Å². The van der Waals surface area contributed by atoms with Gasteiger partial charge < -0.3 is 4.90 Å². The smallest absolute Gasteiger partial charge is 0.236 e. The van der Waals surface area contributed by atoms with Crippen molar-refractivity contribution in [3.8, 4) is 0 Å². The minimum atomic E-state index is -0.108. The number of anilines is 1. The molecule has 1 amide bonds. The predicted molar refractivity (Wildman–Crippen MR) is 98.5 cm³/mol. The van der Waals surface area contributed by atoms with E-state index in [1.54, 1.807) is 12.1 Å². The van der Waals surface area contributed by atoms with Crippen molar-refractivity contribution in [3.05, 3.63) is 58.1 Å².